The topological polar surface area (TPSA) is 12.2 Å². The Kier molecular flexibility index (Phi) is 4.99. The first kappa shape index (κ1) is 17.0. The maximum atomic E-state index is 5.31. The van der Waals surface area contributed by atoms with E-state index in [1.54, 1.807) is 7.11 Å². The lowest BCUT2D eigenvalue weighted by Gasteiger charge is -2.17. The first-order valence-corrected chi connectivity index (χ1v) is 8.45. The van der Waals surface area contributed by atoms with E-state index in [1.165, 1.54) is 33.6 Å². The number of rotatable bonds is 3. The van der Waals surface area contributed by atoms with Gasteiger partial charge in [-0.1, -0.05) is 42.5 Å². The predicted molar refractivity (Wildman–Crippen MR) is 105 cm³/mol. The summed E-state index contributed by atoms with van der Waals surface area (Å²) in [5.41, 5.74) is 7.37. The Morgan fingerprint density at radius 2 is 1.48 bits per heavy atom. The van der Waals surface area contributed by atoms with Crippen LogP contribution in [0.2, 0.25) is 0 Å². The lowest BCUT2D eigenvalue weighted by atomic mass is 9.87. The lowest BCUT2D eigenvalue weighted by Crippen LogP contribution is -2.12. The minimum absolute atomic E-state index is 0.871. The molecule has 0 saturated heterocycles. The van der Waals surface area contributed by atoms with Crippen molar-refractivity contribution in [2.45, 2.75) is 6.92 Å². The van der Waals surface area contributed by atoms with E-state index in [9.17, 15) is 0 Å². The van der Waals surface area contributed by atoms with E-state index in [1.807, 2.05) is 12.1 Å². The molecule has 0 atom stereocenters. The molecule has 0 N–H and O–H groups in total. The van der Waals surface area contributed by atoms with Crippen molar-refractivity contribution in [2.75, 3.05) is 21.2 Å². The molecule has 2 nitrogen and oxygen atoms in total. The third kappa shape index (κ3) is 3.63. The predicted octanol–water partition coefficient (Wildman–Crippen LogP) is 4.73. The van der Waals surface area contributed by atoms with Crippen LogP contribution in [0, 0.1) is 0 Å². The van der Waals surface area contributed by atoms with E-state index in [-0.39, 0.29) is 0 Å². The van der Waals surface area contributed by atoms with Crippen LogP contribution in [0.4, 0.5) is 0 Å². The van der Waals surface area contributed by atoms with Gasteiger partial charge in [0.05, 0.1) is 7.11 Å². The molecule has 126 valence electrons. The van der Waals surface area contributed by atoms with E-state index in [2.05, 4.69) is 86.3 Å². The quantitative estimate of drug-likeness (QED) is 0.741. The molecule has 1 aliphatic rings. The third-order valence-corrected chi connectivity index (χ3v) is 4.44. The molecular weight excluding hydrogens is 306 g/mol. The Bertz CT molecular complexity index is 877. The van der Waals surface area contributed by atoms with Gasteiger partial charge in [-0.3, -0.25) is 0 Å². The highest BCUT2D eigenvalue weighted by Gasteiger charge is 2.16. The van der Waals surface area contributed by atoms with Gasteiger partial charge in [0.15, 0.2) is 5.71 Å². The number of hydrogen-bond acceptors (Lipinski definition) is 1. The van der Waals surface area contributed by atoms with E-state index in [0.29, 0.717) is 0 Å². The first-order chi connectivity index (χ1) is 12.1. The van der Waals surface area contributed by atoms with Crippen LogP contribution in [-0.2, 0) is 0 Å². The first-order valence-electron chi connectivity index (χ1n) is 8.45. The van der Waals surface area contributed by atoms with Crippen LogP contribution < -0.4 is 4.74 Å². The van der Waals surface area contributed by atoms with Crippen LogP contribution >= 0.6 is 0 Å². The molecule has 0 amide bonds. The summed E-state index contributed by atoms with van der Waals surface area (Å²) in [6.45, 7) is 2.18. The summed E-state index contributed by atoms with van der Waals surface area (Å²) in [6.07, 6.45) is 6.63. The van der Waals surface area contributed by atoms with Gasteiger partial charge < -0.3 is 4.74 Å². The van der Waals surface area contributed by atoms with Crippen LogP contribution in [0.5, 0.6) is 5.75 Å². The van der Waals surface area contributed by atoms with E-state index in [0.717, 1.165) is 5.75 Å². The molecule has 0 fully saturated rings. The molecule has 0 unspecified atom stereocenters. The van der Waals surface area contributed by atoms with Gasteiger partial charge in [0, 0.05) is 12.2 Å². The fourth-order valence-electron chi connectivity index (χ4n) is 3.05. The Hall–Kier alpha value is -2.87. The van der Waals surface area contributed by atoms with Gasteiger partial charge in [-0.05, 0) is 53.0 Å². The Morgan fingerprint density at radius 3 is 2.04 bits per heavy atom. The maximum Gasteiger partial charge on any atom is 0.199 e. The van der Waals surface area contributed by atoms with Crippen molar-refractivity contribution in [1.82, 2.24) is 0 Å². The molecule has 2 aromatic carbocycles. The summed E-state index contributed by atoms with van der Waals surface area (Å²) in [7, 11) is 5.83. The second-order valence-corrected chi connectivity index (χ2v) is 6.36. The molecule has 1 aliphatic carbocycles. The zero-order valence-corrected chi connectivity index (χ0v) is 15.3. The van der Waals surface area contributed by atoms with Crippen molar-refractivity contribution in [3.05, 3.63) is 95.1 Å². The summed E-state index contributed by atoms with van der Waals surface area (Å²) in [6, 6.07) is 18.8. The van der Waals surface area contributed by atoms with Gasteiger partial charge in [0.1, 0.15) is 19.8 Å². The maximum absolute atomic E-state index is 5.31. The van der Waals surface area contributed by atoms with E-state index in [4.69, 9.17) is 4.74 Å². The number of ether oxygens (including phenoxy) is 1. The normalized spacial score (nSPS) is 15.7. The van der Waals surface area contributed by atoms with E-state index >= 15 is 0 Å². The molecule has 0 heterocycles. The van der Waals surface area contributed by atoms with Crippen molar-refractivity contribution >= 4 is 11.3 Å². The van der Waals surface area contributed by atoms with Crippen molar-refractivity contribution in [2.24, 2.45) is 0 Å². The molecule has 0 radical (unpaired) electrons. The minimum atomic E-state index is 0.871. The fraction of sp³-hybridized carbons (Fsp3) is 0.174. The number of allylic oxidation sites excluding steroid dienone is 5. The molecule has 2 heteroatoms. The highest BCUT2D eigenvalue weighted by atomic mass is 16.5. The molecular formula is C23H24NO+. The number of nitrogens with zero attached hydrogens (tertiary/aromatic N) is 1. The summed E-state index contributed by atoms with van der Waals surface area (Å²) in [5, 5.41) is 0. The van der Waals surface area contributed by atoms with Gasteiger partial charge in [0.2, 0.25) is 0 Å². The van der Waals surface area contributed by atoms with Crippen LogP contribution in [0.25, 0.3) is 5.57 Å². The Balaban J connectivity index is 2.20. The van der Waals surface area contributed by atoms with Crippen LogP contribution in [0.1, 0.15) is 18.1 Å². The van der Waals surface area contributed by atoms with Gasteiger partial charge in [-0.2, -0.15) is 0 Å². The zero-order chi connectivity index (χ0) is 17.8. The highest BCUT2D eigenvalue weighted by molar-refractivity contribution is 6.05. The van der Waals surface area contributed by atoms with Crippen LogP contribution in [0.15, 0.2) is 84.0 Å². The Morgan fingerprint density at radius 1 is 0.840 bits per heavy atom. The molecule has 0 bridgehead atoms. The lowest BCUT2D eigenvalue weighted by molar-refractivity contribution is -0.462. The second kappa shape index (κ2) is 7.35. The molecule has 0 saturated carbocycles. The highest BCUT2D eigenvalue weighted by Crippen LogP contribution is 2.33. The standard InChI is InChI=1S/C23H24NO/c1-17-16-20(24(2)3)12-15-22(17)23(18-8-6-5-7-9-18)19-10-13-21(25-4)14-11-19/h5-16H,1-4H3/q+1/b23-22-. The van der Waals surface area contributed by atoms with Gasteiger partial charge >= 0.3 is 0 Å². The monoisotopic (exact) mass is 330 g/mol. The van der Waals surface area contributed by atoms with Gasteiger partial charge in [0.25, 0.3) is 0 Å². The number of benzene rings is 2. The van der Waals surface area contributed by atoms with Crippen molar-refractivity contribution in [1.29, 1.82) is 0 Å². The average molecular weight is 330 g/mol. The molecule has 2 aromatic rings. The molecule has 0 aliphatic heterocycles. The van der Waals surface area contributed by atoms with Crippen LogP contribution in [-0.4, -0.2) is 31.5 Å². The van der Waals surface area contributed by atoms with Gasteiger partial charge in [-0.25, -0.2) is 4.58 Å². The largest absolute Gasteiger partial charge is 0.497 e. The second-order valence-electron chi connectivity index (χ2n) is 6.36. The summed E-state index contributed by atoms with van der Waals surface area (Å²) in [5.74, 6) is 0.871. The minimum Gasteiger partial charge on any atom is -0.497 e. The van der Waals surface area contributed by atoms with Crippen LogP contribution in [0.3, 0.4) is 0 Å². The molecule has 0 aromatic heterocycles. The summed E-state index contributed by atoms with van der Waals surface area (Å²) < 4.78 is 7.44. The zero-order valence-electron chi connectivity index (χ0n) is 15.3. The van der Waals surface area contributed by atoms with E-state index < -0.39 is 0 Å². The molecule has 25 heavy (non-hydrogen) atoms. The molecule has 3 rings (SSSR count). The van der Waals surface area contributed by atoms with Gasteiger partial charge in [-0.15, -0.1) is 0 Å². The Labute approximate surface area is 150 Å². The van der Waals surface area contributed by atoms with Crippen molar-refractivity contribution in [3.8, 4) is 5.75 Å². The summed E-state index contributed by atoms with van der Waals surface area (Å²) >= 11 is 0. The van der Waals surface area contributed by atoms with Crippen molar-refractivity contribution < 1.29 is 9.31 Å². The average Bonchev–Trinajstić information content (AvgIpc) is 2.64. The SMILES string of the molecule is COc1ccc(/C(=C2/C=CC(=[N+](C)C)C=C2C)c2ccccc2)cc1. The number of methoxy groups -OCH3 is 1. The number of hydrogen-bond donors (Lipinski definition) is 0. The smallest absolute Gasteiger partial charge is 0.199 e. The fourth-order valence-corrected chi connectivity index (χ4v) is 3.05. The molecule has 0 spiro atoms. The summed E-state index contributed by atoms with van der Waals surface area (Å²) in [4.78, 5) is 0. The van der Waals surface area contributed by atoms with Crippen molar-refractivity contribution in [3.63, 3.8) is 0 Å². The third-order valence-electron chi connectivity index (χ3n) is 4.44.